The van der Waals surface area contributed by atoms with Crippen molar-refractivity contribution in [3.63, 3.8) is 0 Å². The van der Waals surface area contributed by atoms with Gasteiger partial charge < -0.3 is 0 Å². The van der Waals surface area contributed by atoms with Gasteiger partial charge in [-0.2, -0.15) is 5.10 Å². The van der Waals surface area contributed by atoms with Gasteiger partial charge in [-0.25, -0.2) is 18.4 Å². The Balaban J connectivity index is 1.90. The molecule has 0 saturated carbocycles. The van der Waals surface area contributed by atoms with Crippen molar-refractivity contribution in [3.05, 3.63) is 42.0 Å². The highest BCUT2D eigenvalue weighted by molar-refractivity contribution is 5.32. The quantitative estimate of drug-likeness (QED) is 0.871. The summed E-state index contributed by atoms with van der Waals surface area (Å²) in [6, 6.07) is 3.87. The summed E-state index contributed by atoms with van der Waals surface area (Å²) in [6.07, 6.45) is 5.09. The molecule has 1 aliphatic rings. The number of hydrogen-bond donors (Lipinski definition) is 0. The Morgan fingerprint density at radius 2 is 1.86 bits per heavy atom. The molecule has 0 radical (unpaired) electrons. The van der Waals surface area contributed by atoms with Crippen LogP contribution in [0.4, 0.5) is 8.78 Å². The Hall–Kier alpha value is -1.82. The lowest BCUT2D eigenvalue weighted by Gasteiger charge is -2.31. The maximum Gasteiger partial charge on any atom is 0.160 e. The molecule has 2 heterocycles. The average molecular weight is 292 g/mol. The molecule has 3 rings (SSSR count). The molecule has 1 atom stereocenters. The Bertz CT molecular complexity index is 620. The van der Waals surface area contributed by atoms with E-state index < -0.39 is 11.6 Å². The van der Waals surface area contributed by atoms with Crippen LogP contribution in [0.5, 0.6) is 0 Å². The predicted octanol–water partition coefficient (Wildman–Crippen LogP) is 3.09. The van der Waals surface area contributed by atoms with Crippen LogP contribution in [-0.4, -0.2) is 32.8 Å². The fourth-order valence-electron chi connectivity index (χ4n) is 2.82. The van der Waals surface area contributed by atoms with Gasteiger partial charge in [0, 0.05) is 6.07 Å². The SMILES string of the molecule is CC(c1ncnn1-c1ccc(F)c(F)c1)N1CCCCC1. The molecule has 0 amide bonds. The molecule has 21 heavy (non-hydrogen) atoms. The maximum atomic E-state index is 13.4. The van der Waals surface area contributed by atoms with E-state index in [0.29, 0.717) is 5.69 Å². The van der Waals surface area contributed by atoms with Crippen molar-refractivity contribution < 1.29 is 8.78 Å². The van der Waals surface area contributed by atoms with Crippen LogP contribution in [0, 0.1) is 11.6 Å². The van der Waals surface area contributed by atoms with E-state index in [4.69, 9.17) is 0 Å². The topological polar surface area (TPSA) is 34.0 Å². The zero-order valence-corrected chi connectivity index (χ0v) is 12.0. The molecule has 1 aromatic carbocycles. The van der Waals surface area contributed by atoms with E-state index in [2.05, 4.69) is 21.9 Å². The van der Waals surface area contributed by atoms with Crippen LogP contribution in [0.1, 0.15) is 38.1 Å². The van der Waals surface area contributed by atoms with Crippen molar-refractivity contribution in [2.24, 2.45) is 0 Å². The van der Waals surface area contributed by atoms with Gasteiger partial charge in [-0.05, 0) is 45.0 Å². The first-order valence-corrected chi connectivity index (χ1v) is 7.26. The number of halogens is 2. The second-order valence-electron chi connectivity index (χ2n) is 5.40. The minimum atomic E-state index is -0.875. The maximum absolute atomic E-state index is 13.4. The molecular weight excluding hydrogens is 274 g/mol. The largest absolute Gasteiger partial charge is 0.294 e. The Morgan fingerprint density at radius 1 is 1.10 bits per heavy atom. The van der Waals surface area contributed by atoms with Crippen LogP contribution in [0.2, 0.25) is 0 Å². The Kier molecular flexibility index (Phi) is 3.96. The van der Waals surface area contributed by atoms with Crippen molar-refractivity contribution in [1.82, 2.24) is 19.7 Å². The summed E-state index contributed by atoms with van der Waals surface area (Å²) >= 11 is 0. The van der Waals surface area contributed by atoms with Gasteiger partial charge in [0.05, 0.1) is 11.7 Å². The number of rotatable bonds is 3. The number of aromatic nitrogens is 3. The summed E-state index contributed by atoms with van der Waals surface area (Å²) < 4.78 is 28.1. The van der Waals surface area contributed by atoms with Gasteiger partial charge in [-0.3, -0.25) is 4.90 Å². The minimum Gasteiger partial charge on any atom is -0.294 e. The minimum absolute atomic E-state index is 0.0981. The van der Waals surface area contributed by atoms with Crippen molar-refractivity contribution in [2.45, 2.75) is 32.2 Å². The summed E-state index contributed by atoms with van der Waals surface area (Å²) in [5.74, 6) is -0.980. The van der Waals surface area contributed by atoms with Crippen LogP contribution >= 0.6 is 0 Å². The average Bonchev–Trinajstić information content (AvgIpc) is 2.99. The molecule has 0 N–H and O–H groups in total. The summed E-state index contributed by atoms with van der Waals surface area (Å²) in [6.45, 7) is 4.14. The first-order chi connectivity index (χ1) is 10.2. The molecule has 1 aliphatic heterocycles. The summed E-state index contributed by atoms with van der Waals surface area (Å²) in [5, 5.41) is 4.16. The number of hydrogen-bond acceptors (Lipinski definition) is 3. The van der Waals surface area contributed by atoms with Crippen molar-refractivity contribution in [2.75, 3.05) is 13.1 Å². The van der Waals surface area contributed by atoms with E-state index in [1.807, 2.05) is 0 Å². The molecular formula is C15H18F2N4. The molecule has 0 bridgehead atoms. The van der Waals surface area contributed by atoms with Gasteiger partial charge >= 0.3 is 0 Å². The third kappa shape index (κ3) is 2.81. The first-order valence-electron chi connectivity index (χ1n) is 7.26. The summed E-state index contributed by atoms with van der Waals surface area (Å²) in [5.41, 5.74) is 0.491. The van der Waals surface area contributed by atoms with Gasteiger partial charge in [0.25, 0.3) is 0 Å². The van der Waals surface area contributed by atoms with Crippen molar-refractivity contribution in [1.29, 1.82) is 0 Å². The van der Waals surface area contributed by atoms with Crippen LogP contribution in [0.3, 0.4) is 0 Å². The molecule has 1 unspecified atom stereocenters. The summed E-state index contributed by atoms with van der Waals surface area (Å²) in [4.78, 5) is 6.66. The lowest BCUT2D eigenvalue weighted by atomic mass is 10.1. The molecule has 2 aromatic rings. The molecule has 1 saturated heterocycles. The van der Waals surface area contributed by atoms with E-state index in [1.165, 1.54) is 31.7 Å². The van der Waals surface area contributed by atoms with Gasteiger partial charge in [-0.15, -0.1) is 0 Å². The third-order valence-electron chi connectivity index (χ3n) is 4.03. The Labute approximate surface area is 122 Å². The molecule has 0 spiro atoms. The zero-order valence-electron chi connectivity index (χ0n) is 12.0. The number of benzene rings is 1. The van der Waals surface area contributed by atoms with E-state index in [-0.39, 0.29) is 6.04 Å². The van der Waals surface area contributed by atoms with E-state index in [0.717, 1.165) is 31.0 Å². The molecule has 1 fully saturated rings. The molecule has 112 valence electrons. The van der Waals surface area contributed by atoms with Crippen molar-refractivity contribution >= 4 is 0 Å². The lowest BCUT2D eigenvalue weighted by Crippen LogP contribution is -2.33. The van der Waals surface area contributed by atoms with E-state index in [1.54, 1.807) is 4.68 Å². The van der Waals surface area contributed by atoms with Gasteiger partial charge in [0.1, 0.15) is 12.2 Å². The highest BCUT2D eigenvalue weighted by atomic mass is 19.2. The fourth-order valence-corrected chi connectivity index (χ4v) is 2.82. The molecule has 0 aliphatic carbocycles. The number of nitrogens with zero attached hydrogens (tertiary/aromatic N) is 4. The second-order valence-corrected chi connectivity index (χ2v) is 5.40. The van der Waals surface area contributed by atoms with Crippen LogP contribution in [-0.2, 0) is 0 Å². The first kappa shape index (κ1) is 14.1. The number of likely N-dealkylation sites (tertiary alicyclic amines) is 1. The predicted molar refractivity (Wildman–Crippen MR) is 75.1 cm³/mol. The van der Waals surface area contributed by atoms with Crippen LogP contribution < -0.4 is 0 Å². The highest BCUT2D eigenvalue weighted by Crippen LogP contribution is 2.24. The second kappa shape index (κ2) is 5.89. The highest BCUT2D eigenvalue weighted by Gasteiger charge is 2.23. The standard InChI is InChI=1S/C15H18F2N4/c1-11(20-7-3-2-4-8-20)15-18-10-19-21(15)12-5-6-13(16)14(17)9-12/h5-6,9-11H,2-4,7-8H2,1H3. The zero-order chi connectivity index (χ0) is 14.8. The normalized spacial score (nSPS) is 17.9. The fraction of sp³-hybridized carbons (Fsp3) is 0.467. The van der Waals surface area contributed by atoms with Gasteiger partial charge in [0.15, 0.2) is 11.6 Å². The summed E-state index contributed by atoms with van der Waals surface area (Å²) in [7, 11) is 0. The molecule has 4 nitrogen and oxygen atoms in total. The third-order valence-corrected chi connectivity index (χ3v) is 4.03. The van der Waals surface area contributed by atoms with Crippen LogP contribution in [0.15, 0.2) is 24.5 Å². The van der Waals surface area contributed by atoms with Gasteiger partial charge in [-0.1, -0.05) is 6.42 Å². The molecule has 6 heteroatoms. The molecule has 1 aromatic heterocycles. The lowest BCUT2D eigenvalue weighted by molar-refractivity contribution is 0.167. The van der Waals surface area contributed by atoms with E-state index >= 15 is 0 Å². The Morgan fingerprint density at radius 3 is 2.57 bits per heavy atom. The van der Waals surface area contributed by atoms with Crippen molar-refractivity contribution in [3.8, 4) is 5.69 Å². The monoisotopic (exact) mass is 292 g/mol. The van der Waals surface area contributed by atoms with Gasteiger partial charge in [0.2, 0.25) is 0 Å². The van der Waals surface area contributed by atoms with Crippen LogP contribution in [0.25, 0.3) is 5.69 Å². The number of piperidine rings is 1. The smallest absolute Gasteiger partial charge is 0.160 e. The van der Waals surface area contributed by atoms with E-state index in [9.17, 15) is 8.78 Å².